The zero-order valence-electron chi connectivity index (χ0n) is 13.1. The van der Waals surface area contributed by atoms with Gasteiger partial charge in [0, 0.05) is 42.1 Å². The van der Waals surface area contributed by atoms with E-state index in [0.717, 1.165) is 5.69 Å². The number of carbonyl (C=O) groups is 1. The highest BCUT2D eigenvalue weighted by atomic mass is 16.1. The summed E-state index contributed by atoms with van der Waals surface area (Å²) in [4.78, 5) is 24.6. The highest BCUT2D eigenvalue weighted by Gasteiger charge is 2.08. The van der Waals surface area contributed by atoms with Crippen LogP contribution in [0.15, 0.2) is 79.9 Å². The molecule has 1 amide bonds. The minimum Gasteiger partial charge on any atom is -0.324 e. The number of benzene rings is 1. The first kappa shape index (κ1) is 14.8. The maximum absolute atomic E-state index is 12.4. The average molecular weight is 330 g/mol. The quantitative estimate of drug-likeness (QED) is 0.624. The predicted octanol–water partition coefficient (Wildman–Crippen LogP) is 2.71. The van der Waals surface area contributed by atoms with Crippen LogP contribution in [0.3, 0.4) is 0 Å². The van der Waals surface area contributed by atoms with Crippen molar-refractivity contribution in [3.8, 4) is 11.5 Å². The van der Waals surface area contributed by atoms with Crippen LogP contribution >= 0.6 is 0 Å². The molecular weight excluding hydrogens is 316 g/mol. The molecule has 4 rings (SSSR count). The first-order valence-electron chi connectivity index (χ1n) is 7.65. The summed E-state index contributed by atoms with van der Waals surface area (Å²) in [5, 5.41) is 2.78. The fraction of sp³-hybridized carbons (Fsp3) is 0. The Bertz CT molecular complexity index is 975. The van der Waals surface area contributed by atoms with Crippen LogP contribution in [0.5, 0.6) is 0 Å². The van der Waals surface area contributed by atoms with Crippen molar-refractivity contribution >= 4 is 11.7 Å². The summed E-state index contributed by atoms with van der Waals surface area (Å²) in [6.07, 6.45) is 10.4. The molecule has 122 valence electrons. The summed E-state index contributed by atoms with van der Waals surface area (Å²) in [5.74, 6) is 0.832. The molecule has 7 heteroatoms. The Kier molecular flexibility index (Phi) is 3.80. The van der Waals surface area contributed by atoms with Gasteiger partial charge in [0.1, 0.15) is 24.3 Å². The van der Waals surface area contributed by atoms with Gasteiger partial charge in [0.15, 0.2) is 0 Å². The van der Waals surface area contributed by atoms with Crippen molar-refractivity contribution in [3.05, 3.63) is 85.5 Å². The number of nitrogens with one attached hydrogen (secondary N) is 1. The Labute approximate surface area is 143 Å². The molecular formula is C18H14N6O. The molecule has 1 N–H and O–H groups in total. The summed E-state index contributed by atoms with van der Waals surface area (Å²) in [6.45, 7) is 0. The summed E-state index contributed by atoms with van der Waals surface area (Å²) >= 11 is 0. The van der Waals surface area contributed by atoms with E-state index in [-0.39, 0.29) is 5.91 Å². The first-order valence-corrected chi connectivity index (χ1v) is 7.65. The molecule has 1 aromatic carbocycles. The van der Waals surface area contributed by atoms with Gasteiger partial charge in [-0.2, -0.15) is 0 Å². The van der Waals surface area contributed by atoms with Gasteiger partial charge in [-0.05, 0) is 36.4 Å². The fourth-order valence-corrected chi connectivity index (χ4v) is 2.43. The number of imidazole rings is 1. The summed E-state index contributed by atoms with van der Waals surface area (Å²) in [7, 11) is 0. The van der Waals surface area contributed by atoms with E-state index in [0.29, 0.717) is 17.2 Å². The third-order valence-corrected chi connectivity index (χ3v) is 3.70. The summed E-state index contributed by atoms with van der Waals surface area (Å²) < 4.78 is 3.71. The van der Waals surface area contributed by atoms with E-state index < -0.39 is 0 Å². The SMILES string of the molecule is O=C(Nc1cc(-n2ccnc2)ncn1)c1ccc(-n2cccc2)cc1. The van der Waals surface area contributed by atoms with Crippen LogP contribution < -0.4 is 5.32 Å². The van der Waals surface area contributed by atoms with E-state index in [1.54, 1.807) is 41.5 Å². The van der Waals surface area contributed by atoms with Crippen LogP contribution in [0.2, 0.25) is 0 Å². The largest absolute Gasteiger partial charge is 0.324 e. The topological polar surface area (TPSA) is 77.6 Å². The van der Waals surface area contributed by atoms with Gasteiger partial charge >= 0.3 is 0 Å². The second-order valence-corrected chi connectivity index (χ2v) is 5.32. The zero-order valence-corrected chi connectivity index (χ0v) is 13.1. The molecule has 7 nitrogen and oxygen atoms in total. The molecule has 0 bridgehead atoms. The monoisotopic (exact) mass is 330 g/mol. The molecule has 0 spiro atoms. The number of hydrogen-bond acceptors (Lipinski definition) is 4. The van der Waals surface area contributed by atoms with E-state index in [1.165, 1.54) is 6.33 Å². The van der Waals surface area contributed by atoms with E-state index >= 15 is 0 Å². The van der Waals surface area contributed by atoms with E-state index in [2.05, 4.69) is 20.3 Å². The normalized spacial score (nSPS) is 10.6. The van der Waals surface area contributed by atoms with E-state index in [9.17, 15) is 4.79 Å². The fourth-order valence-electron chi connectivity index (χ4n) is 2.43. The first-order chi connectivity index (χ1) is 12.3. The third kappa shape index (κ3) is 3.16. The Balaban J connectivity index is 1.51. The summed E-state index contributed by atoms with van der Waals surface area (Å²) in [6, 6.07) is 12.9. The van der Waals surface area contributed by atoms with Gasteiger partial charge in [0.2, 0.25) is 0 Å². The molecule has 0 saturated heterocycles. The second kappa shape index (κ2) is 6.40. The van der Waals surface area contributed by atoms with Crippen LogP contribution in [-0.4, -0.2) is 30.0 Å². The van der Waals surface area contributed by atoms with Crippen LogP contribution in [0.4, 0.5) is 5.82 Å². The van der Waals surface area contributed by atoms with E-state index in [4.69, 9.17) is 0 Å². The highest BCUT2D eigenvalue weighted by molar-refractivity contribution is 6.03. The standard InChI is InChI=1S/C18H14N6O/c25-18(14-3-5-15(6-4-14)23-8-1-2-9-23)22-16-11-17(21-12-20-16)24-10-7-19-13-24/h1-13H,(H,20,21,22,25). The maximum Gasteiger partial charge on any atom is 0.256 e. The molecule has 0 atom stereocenters. The van der Waals surface area contributed by atoms with E-state index in [1.807, 2.05) is 41.2 Å². The van der Waals surface area contributed by atoms with Crippen LogP contribution in [-0.2, 0) is 0 Å². The number of hydrogen-bond donors (Lipinski definition) is 1. The number of anilines is 1. The lowest BCUT2D eigenvalue weighted by Crippen LogP contribution is -2.13. The van der Waals surface area contributed by atoms with Gasteiger partial charge in [0.25, 0.3) is 5.91 Å². The zero-order chi connectivity index (χ0) is 17.1. The van der Waals surface area contributed by atoms with Gasteiger partial charge in [-0.1, -0.05) is 0 Å². The number of carbonyl (C=O) groups excluding carboxylic acids is 1. The molecule has 0 aliphatic rings. The minimum absolute atomic E-state index is 0.227. The molecule has 0 aliphatic carbocycles. The number of rotatable bonds is 4. The second-order valence-electron chi connectivity index (χ2n) is 5.32. The number of aromatic nitrogens is 5. The van der Waals surface area contributed by atoms with Crippen molar-refractivity contribution in [1.29, 1.82) is 0 Å². The number of amides is 1. The smallest absolute Gasteiger partial charge is 0.256 e. The number of nitrogens with zero attached hydrogens (tertiary/aromatic N) is 5. The molecule has 0 radical (unpaired) electrons. The third-order valence-electron chi connectivity index (χ3n) is 3.70. The predicted molar refractivity (Wildman–Crippen MR) is 92.9 cm³/mol. The van der Waals surface area contributed by atoms with Crippen molar-refractivity contribution in [2.24, 2.45) is 0 Å². The molecule has 0 unspecified atom stereocenters. The Hall–Kier alpha value is -3.74. The average Bonchev–Trinajstić information content (AvgIpc) is 3.36. The van der Waals surface area contributed by atoms with Crippen molar-refractivity contribution < 1.29 is 4.79 Å². The lowest BCUT2D eigenvalue weighted by molar-refractivity contribution is 0.102. The van der Waals surface area contributed by atoms with Crippen LogP contribution in [0.1, 0.15) is 10.4 Å². The van der Waals surface area contributed by atoms with Crippen LogP contribution in [0.25, 0.3) is 11.5 Å². The Morgan fingerprint density at radius 1 is 0.960 bits per heavy atom. The van der Waals surface area contributed by atoms with Crippen molar-refractivity contribution in [2.45, 2.75) is 0 Å². The summed E-state index contributed by atoms with van der Waals surface area (Å²) in [5.41, 5.74) is 1.55. The van der Waals surface area contributed by atoms with Crippen LogP contribution in [0, 0.1) is 0 Å². The molecule has 3 heterocycles. The molecule has 25 heavy (non-hydrogen) atoms. The maximum atomic E-state index is 12.4. The van der Waals surface area contributed by atoms with Crippen molar-refractivity contribution in [2.75, 3.05) is 5.32 Å². The van der Waals surface area contributed by atoms with Gasteiger partial charge in [0.05, 0.1) is 0 Å². The molecule has 3 aromatic heterocycles. The van der Waals surface area contributed by atoms with Gasteiger partial charge < -0.3 is 9.88 Å². The van der Waals surface area contributed by atoms with Crippen molar-refractivity contribution in [3.63, 3.8) is 0 Å². The molecule has 4 aromatic rings. The lowest BCUT2D eigenvalue weighted by Gasteiger charge is -2.07. The Morgan fingerprint density at radius 3 is 2.48 bits per heavy atom. The van der Waals surface area contributed by atoms with Gasteiger partial charge in [-0.15, -0.1) is 0 Å². The molecule has 0 fully saturated rings. The van der Waals surface area contributed by atoms with Crippen molar-refractivity contribution in [1.82, 2.24) is 24.1 Å². The highest BCUT2D eigenvalue weighted by Crippen LogP contribution is 2.13. The molecule has 0 aliphatic heterocycles. The Morgan fingerprint density at radius 2 is 1.76 bits per heavy atom. The van der Waals surface area contributed by atoms with Gasteiger partial charge in [-0.3, -0.25) is 9.36 Å². The molecule has 0 saturated carbocycles. The lowest BCUT2D eigenvalue weighted by atomic mass is 10.2. The van der Waals surface area contributed by atoms with Gasteiger partial charge in [-0.25, -0.2) is 15.0 Å². The minimum atomic E-state index is -0.227.